The molecule has 36 heavy (non-hydrogen) atoms. The molecule has 1 amide bonds. The molecule has 0 spiro atoms. The van der Waals surface area contributed by atoms with Gasteiger partial charge in [-0.25, -0.2) is 8.60 Å². The third-order valence-corrected chi connectivity index (χ3v) is 6.73. The van der Waals surface area contributed by atoms with Crippen molar-refractivity contribution in [2.24, 2.45) is 0 Å². The Kier molecular flexibility index (Phi) is 7.63. The summed E-state index contributed by atoms with van der Waals surface area (Å²) in [4.78, 5) is 15.3. The third-order valence-electron chi connectivity index (χ3n) is 4.84. The Morgan fingerprint density at radius 1 is 1.00 bits per heavy atom. The molecule has 1 N–H and O–H groups in total. The minimum Gasteiger partial charge on any atom is -0.281 e. The van der Waals surface area contributed by atoms with E-state index in [0.29, 0.717) is 5.39 Å². The van der Waals surface area contributed by atoms with E-state index in [0.717, 1.165) is 28.7 Å². The molecule has 3 rings (SSSR count). The van der Waals surface area contributed by atoms with Crippen molar-refractivity contribution in [3.05, 3.63) is 63.4 Å². The van der Waals surface area contributed by atoms with E-state index in [1.54, 1.807) is 12.1 Å². The molecule has 0 aliphatic heterocycles. The highest BCUT2D eigenvalue weighted by Gasteiger charge is 2.73. The van der Waals surface area contributed by atoms with Crippen LogP contribution in [0.5, 0.6) is 0 Å². The van der Waals surface area contributed by atoms with Gasteiger partial charge in [0, 0.05) is 26.3 Å². The molecule has 1 aromatic heterocycles. The summed E-state index contributed by atoms with van der Waals surface area (Å²) in [5, 5.41) is 10.6. The summed E-state index contributed by atoms with van der Waals surface area (Å²) in [5.41, 5.74) is -9.43. The summed E-state index contributed by atoms with van der Waals surface area (Å²) in [6.07, 6.45) is -11.8. The highest BCUT2D eigenvalue weighted by Crippen LogP contribution is 2.54. The lowest BCUT2D eigenvalue weighted by Crippen LogP contribution is -2.50. The predicted octanol–water partition coefficient (Wildman–Crippen LogP) is 6.50. The highest BCUT2D eigenvalue weighted by atomic mass is 127. The van der Waals surface area contributed by atoms with Crippen molar-refractivity contribution >= 4 is 55.9 Å². The van der Waals surface area contributed by atoms with E-state index in [1.165, 1.54) is 18.3 Å². The number of hydroxylamine groups is 1. The fourth-order valence-corrected chi connectivity index (χ4v) is 5.00. The third kappa shape index (κ3) is 4.89. The molecule has 1 atom stereocenters. The van der Waals surface area contributed by atoms with Crippen LogP contribution in [0.1, 0.15) is 15.9 Å². The molecule has 3 aromatic rings. The monoisotopic (exact) mass is 656 g/mol. The fourth-order valence-electron chi connectivity index (χ4n) is 3.14. The maximum atomic E-state index is 14.6. The van der Waals surface area contributed by atoms with E-state index in [2.05, 4.69) is 4.98 Å². The zero-order chi connectivity index (χ0) is 27.2. The van der Waals surface area contributed by atoms with E-state index >= 15 is 0 Å². The number of carbonyl (C=O) groups is 1. The van der Waals surface area contributed by atoms with E-state index < -0.39 is 60.2 Å². The lowest BCUT2D eigenvalue weighted by atomic mass is 9.94. The zero-order valence-corrected chi connectivity index (χ0v) is 20.0. The molecule has 2 aromatic carbocycles. The molecule has 0 saturated carbocycles. The van der Waals surface area contributed by atoms with Crippen LogP contribution in [0.15, 0.2) is 53.6 Å². The van der Waals surface area contributed by atoms with Crippen LogP contribution in [0.4, 0.5) is 45.2 Å². The van der Waals surface area contributed by atoms with Gasteiger partial charge in [-0.3, -0.25) is 15.0 Å². The second-order valence-electron chi connectivity index (χ2n) is 7.04. The second kappa shape index (κ2) is 9.77. The maximum absolute atomic E-state index is 14.6. The summed E-state index contributed by atoms with van der Waals surface area (Å²) in [5.74, 6) is -5.26. The van der Waals surface area contributed by atoms with E-state index in [9.17, 15) is 53.7 Å². The van der Waals surface area contributed by atoms with Crippen LogP contribution in [0, 0.1) is 3.57 Å². The topological polar surface area (TPSA) is 70.5 Å². The number of carbonyl (C=O) groups excluding carboxylic acids is 1. The summed E-state index contributed by atoms with van der Waals surface area (Å²) in [6.45, 7) is 0. The summed E-state index contributed by atoms with van der Waals surface area (Å²) >= 11 is 1.000. The molecule has 1 heterocycles. The van der Waals surface area contributed by atoms with Gasteiger partial charge in [0.15, 0.2) is 0 Å². The van der Waals surface area contributed by atoms with Crippen molar-refractivity contribution in [3.8, 4) is 0 Å². The van der Waals surface area contributed by atoms with E-state index in [-0.39, 0.29) is 28.3 Å². The number of fused-ring (bicyclic) bond motifs is 1. The Morgan fingerprint density at radius 3 is 2.17 bits per heavy atom. The molecule has 16 heteroatoms. The van der Waals surface area contributed by atoms with Gasteiger partial charge in [0.05, 0.1) is 10.4 Å². The van der Waals surface area contributed by atoms with Gasteiger partial charge < -0.3 is 0 Å². The number of hydrogen-bond acceptors (Lipinski definition) is 4. The maximum Gasteiger partial charge on any atom is 0.435 e. The predicted molar refractivity (Wildman–Crippen MR) is 117 cm³/mol. The van der Waals surface area contributed by atoms with Crippen LogP contribution >= 0.6 is 22.6 Å². The average Bonchev–Trinajstić information content (AvgIpc) is 2.79. The molecule has 194 valence electrons. The van der Waals surface area contributed by atoms with Gasteiger partial charge in [-0.15, -0.1) is 0 Å². The molecule has 0 saturated heterocycles. The fraction of sp³-hybridized carbons (Fsp3) is 0.200. The lowest BCUT2D eigenvalue weighted by Gasteiger charge is -2.31. The first-order valence-electron chi connectivity index (χ1n) is 9.24. The Morgan fingerprint density at radius 2 is 1.61 bits per heavy atom. The van der Waals surface area contributed by atoms with Gasteiger partial charge >= 0.3 is 23.8 Å². The molecule has 1 unspecified atom stereocenters. The summed E-state index contributed by atoms with van der Waals surface area (Å²) in [6, 6.07) is 6.50. The minimum absolute atomic E-state index is 0.0402. The van der Waals surface area contributed by atoms with Crippen molar-refractivity contribution in [2.45, 2.75) is 28.7 Å². The molecular weight excluding hydrogens is 646 g/mol. The SMILES string of the molecule is O=C(c1ccc2cccnc2c1)N(O)c1c(I)cc(C(F)(C(F)(F)F)C(F)(F)F)cc1S(=O)C(F)F. The first-order valence-corrected chi connectivity index (χ1v) is 11.5. The molecule has 0 fully saturated rings. The van der Waals surface area contributed by atoms with E-state index in [4.69, 9.17) is 0 Å². The van der Waals surface area contributed by atoms with Crippen LogP contribution < -0.4 is 5.06 Å². The molecule has 0 radical (unpaired) electrons. The molecule has 5 nitrogen and oxygen atoms in total. The number of amides is 1. The zero-order valence-electron chi connectivity index (χ0n) is 17.0. The van der Waals surface area contributed by atoms with Crippen molar-refractivity contribution < 1.29 is 53.7 Å². The first kappa shape index (κ1) is 28.1. The van der Waals surface area contributed by atoms with Gasteiger partial charge in [0.2, 0.25) is 0 Å². The summed E-state index contributed by atoms with van der Waals surface area (Å²) in [7, 11) is -3.68. The number of nitrogens with zero attached hydrogens (tertiary/aromatic N) is 2. The number of benzene rings is 2. The molecule has 0 aliphatic carbocycles. The van der Waals surface area contributed by atoms with Gasteiger partial charge in [0.1, 0.15) is 16.5 Å². The number of anilines is 1. The Labute approximate surface area is 211 Å². The Bertz CT molecular complexity index is 1330. The number of rotatable bonds is 5. The van der Waals surface area contributed by atoms with Crippen molar-refractivity contribution in [1.29, 1.82) is 0 Å². The van der Waals surface area contributed by atoms with Crippen molar-refractivity contribution in [1.82, 2.24) is 4.98 Å². The molecule has 0 aliphatic rings. The standard InChI is InChI=1S/C20H10F9IN2O3S/c21-17(22)36(35)14-8-11(18(23,19(24,25)26)20(27,28)29)7-12(30)15(14)32(34)16(33)10-4-3-9-2-1-5-31-13(9)6-10/h1-8,17,34H. The van der Waals surface area contributed by atoms with Crippen molar-refractivity contribution in [3.63, 3.8) is 0 Å². The van der Waals surface area contributed by atoms with Gasteiger partial charge in [-0.2, -0.15) is 40.2 Å². The van der Waals surface area contributed by atoms with Crippen LogP contribution in [-0.2, 0) is 16.5 Å². The smallest absolute Gasteiger partial charge is 0.281 e. The number of alkyl halides is 9. The lowest BCUT2D eigenvalue weighted by molar-refractivity contribution is -0.348. The van der Waals surface area contributed by atoms with Crippen LogP contribution in [0.2, 0.25) is 0 Å². The Balaban J connectivity index is 2.22. The first-order chi connectivity index (χ1) is 16.5. The number of aromatic nitrogens is 1. The van der Waals surface area contributed by atoms with Gasteiger partial charge in [-0.05, 0) is 52.9 Å². The van der Waals surface area contributed by atoms with Crippen LogP contribution in [0.3, 0.4) is 0 Å². The number of halogens is 10. The quantitative estimate of drug-likeness (QED) is 0.148. The average molecular weight is 656 g/mol. The normalized spacial score (nSPS) is 13.8. The number of hydrogen-bond donors (Lipinski definition) is 1. The molecule has 0 bridgehead atoms. The number of pyridine rings is 1. The van der Waals surface area contributed by atoms with Crippen LogP contribution in [-0.4, -0.2) is 38.4 Å². The van der Waals surface area contributed by atoms with Crippen LogP contribution in [0.25, 0.3) is 10.9 Å². The molecular formula is C20H10F9IN2O3S. The largest absolute Gasteiger partial charge is 0.435 e. The van der Waals surface area contributed by atoms with E-state index in [1.807, 2.05) is 0 Å². The minimum atomic E-state index is -6.59. The van der Waals surface area contributed by atoms with Gasteiger partial charge in [0.25, 0.3) is 5.91 Å². The summed E-state index contributed by atoms with van der Waals surface area (Å²) < 4.78 is 132. The highest BCUT2D eigenvalue weighted by molar-refractivity contribution is 14.1. The second-order valence-corrected chi connectivity index (χ2v) is 9.60. The van der Waals surface area contributed by atoms with Crippen molar-refractivity contribution in [2.75, 3.05) is 5.06 Å². The van der Waals surface area contributed by atoms with Gasteiger partial charge in [-0.1, -0.05) is 12.1 Å². The Hall–Kier alpha value is -2.47.